The molecule has 1 aliphatic rings. The Bertz CT molecular complexity index is 359. The summed E-state index contributed by atoms with van der Waals surface area (Å²) in [5.41, 5.74) is 1.85. The maximum atomic E-state index is 13.9. The summed E-state index contributed by atoms with van der Waals surface area (Å²) in [6, 6.07) is 5.54. The molecule has 1 N–H and O–H groups in total. The van der Waals surface area contributed by atoms with Crippen molar-refractivity contribution in [3.05, 3.63) is 29.6 Å². The Kier molecular flexibility index (Phi) is 3.44. The fourth-order valence-electron chi connectivity index (χ4n) is 2.31. The van der Waals surface area contributed by atoms with Crippen molar-refractivity contribution in [1.29, 1.82) is 0 Å². The lowest BCUT2D eigenvalue weighted by atomic mass is 10.0. The molecule has 2 rings (SSSR count). The van der Waals surface area contributed by atoms with E-state index in [1.54, 1.807) is 12.1 Å². The number of nitrogens with one attached hydrogen (secondary N) is 1. The predicted octanol–water partition coefficient (Wildman–Crippen LogP) is 2.71. The predicted molar refractivity (Wildman–Crippen MR) is 65.3 cm³/mol. The van der Waals surface area contributed by atoms with Crippen LogP contribution in [0.25, 0.3) is 0 Å². The number of hydrogen-bond acceptors (Lipinski definition) is 2. The molecule has 0 aliphatic carbocycles. The highest BCUT2D eigenvalue weighted by molar-refractivity contribution is 5.56. The second-order valence-corrected chi connectivity index (χ2v) is 4.38. The van der Waals surface area contributed by atoms with Crippen LogP contribution in [0.3, 0.4) is 0 Å². The van der Waals surface area contributed by atoms with Gasteiger partial charge in [0.2, 0.25) is 0 Å². The number of anilines is 1. The van der Waals surface area contributed by atoms with Gasteiger partial charge in [-0.3, -0.25) is 0 Å². The fraction of sp³-hybridized carbons (Fsp3) is 0.538. The van der Waals surface area contributed by atoms with Crippen molar-refractivity contribution in [2.45, 2.75) is 25.8 Å². The topological polar surface area (TPSA) is 15.3 Å². The van der Waals surface area contributed by atoms with Crippen LogP contribution in [0.1, 0.15) is 31.4 Å². The van der Waals surface area contributed by atoms with Crippen LogP contribution in [0, 0.1) is 5.82 Å². The van der Waals surface area contributed by atoms with Crippen molar-refractivity contribution >= 4 is 5.69 Å². The number of nitrogens with zero attached hydrogens (tertiary/aromatic N) is 1. The number of benzene rings is 1. The number of para-hydroxylation sites is 1. The Labute approximate surface area is 96.5 Å². The van der Waals surface area contributed by atoms with Crippen molar-refractivity contribution in [3.63, 3.8) is 0 Å². The van der Waals surface area contributed by atoms with E-state index in [1.807, 2.05) is 13.1 Å². The monoisotopic (exact) mass is 222 g/mol. The number of rotatable bonds is 3. The zero-order valence-corrected chi connectivity index (χ0v) is 9.96. The molecule has 1 atom stereocenters. The molecule has 1 heterocycles. The van der Waals surface area contributed by atoms with E-state index < -0.39 is 0 Å². The number of hydrogen-bond donors (Lipinski definition) is 1. The molecule has 0 saturated carbocycles. The van der Waals surface area contributed by atoms with Gasteiger partial charge in [0.05, 0.1) is 5.69 Å². The quantitative estimate of drug-likeness (QED) is 0.846. The third-order valence-electron chi connectivity index (χ3n) is 3.34. The maximum Gasteiger partial charge on any atom is 0.146 e. The third-order valence-corrected chi connectivity index (χ3v) is 3.34. The van der Waals surface area contributed by atoms with Crippen LogP contribution in [-0.2, 0) is 0 Å². The molecule has 16 heavy (non-hydrogen) atoms. The van der Waals surface area contributed by atoms with Gasteiger partial charge in [-0.1, -0.05) is 12.1 Å². The summed E-state index contributed by atoms with van der Waals surface area (Å²) in [4.78, 5) is 2.17. The molecule has 1 aromatic carbocycles. The highest BCUT2D eigenvalue weighted by atomic mass is 19.1. The molecule has 1 fully saturated rings. The summed E-state index contributed by atoms with van der Waals surface area (Å²) in [7, 11) is 1.91. The molecular weight excluding hydrogens is 203 g/mol. The first kappa shape index (κ1) is 11.4. The minimum Gasteiger partial charge on any atom is -0.369 e. The van der Waals surface area contributed by atoms with Gasteiger partial charge in [-0.25, -0.2) is 4.39 Å². The summed E-state index contributed by atoms with van der Waals surface area (Å²) in [5, 5.41) is 3.18. The van der Waals surface area contributed by atoms with Crippen LogP contribution in [0.4, 0.5) is 10.1 Å². The van der Waals surface area contributed by atoms with Gasteiger partial charge in [0.25, 0.3) is 0 Å². The largest absolute Gasteiger partial charge is 0.369 e. The standard InChI is InChI=1S/C13H19FN2/c1-10(15-2)11-6-5-7-12(14)13(11)16-8-3-4-9-16/h5-7,10,15H,3-4,8-9H2,1-2H3. The Morgan fingerprint density at radius 1 is 1.31 bits per heavy atom. The van der Waals surface area contributed by atoms with Crippen molar-refractivity contribution in [2.75, 3.05) is 25.0 Å². The number of halogens is 1. The van der Waals surface area contributed by atoms with Crippen molar-refractivity contribution in [2.24, 2.45) is 0 Å². The molecule has 0 aromatic heterocycles. The lowest BCUT2D eigenvalue weighted by Crippen LogP contribution is -2.23. The highest BCUT2D eigenvalue weighted by Gasteiger charge is 2.21. The van der Waals surface area contributed by atoms with E-state index in [-0.39, 0.29) is 11.9 Å². The average Bonchev–Trinajstić information content (AvgIpc) is 2.81. The second kappa shape index (κ2) is 4.83. The van der Waals surface area contributed by atoms with Crippen molar-refractivity contribution in [3.8, 4) is 0 Å². The molecule has 0 radical (unpaired) electrons. The Balaban J connectivity index is 2.39. The van der Waals surface area contributed by atoms with Crippen molar-refractivity contribution < 1.29 is 4.39 Å². The normalized spacial score (nSPS) is 17.8. The van der Waals surface area contributed by atoms with Crippen LogP contribution >= 0.6 is 0 Å². The van der Waals surface area contributed by atoms with Gasteiger partial charge in [-0.15, -0.1) is 0 Å². The molecule has 88 valence electrons. The van der Waals surface area contributed by atoms with Crippen LogP contribution in [-0.4, -0.2) is 20.1 Å². The van der Waals surface area contributed by atoms with Gasteiger partial charge in [0, 0.05) is 19.1 Å². The van der Waals surface area contributed by atoms with Gasteiger partial charge in [0.1, 0.15) is 5.82 Å². The van der Waals surface area contributed by atoms with E-state index in [4.69, 9.17) is 0 Å². The molecule has 1 saturated heterocycles. The Hall–Kier alpha value is -1.09. The molecule has 0 amide bonds. The molecule has 1 aliphatic heterocycles. The summed E-state index contributed by atoms with van der Waals surface area (Å²) in [6.45, 7) is 4.02. The lowest BCUT2D eigenvalue weighted by Gasteiger charge is -2.24. The first-order valence-electron chi connectivity index (χ1n) is 5.94. The third kappa shape index (κ3) is 2.05. The second-order valence-electron chi connectivity index (χ2n) is 4.38. The lowest BCUT2D eigenvalue weighted by molar-refractivity contribution is 0.603. The molecule has 1 unspecified atom stereocenters. The molecule has 0 spiro atoms. The van der Waals surface area contributed by atoms with E-state index in [2.05, 4.69) is 17.1 Å². The average molecular weight is 222 g/mol. The maximum absolute atomic E-state index is 13.9. The molecular formula is C13H19FN2. The van der Waals surface area contributed by atoms with Gasteiger partial charge in [0.15, 0.2) is 0 Å². The van der Waals surface area contributed by atoms with Crippen LogP contribution < -0.4 is 10.2 Å². The van der Waals surface area contributed by atoms with Crippen LogP contribution in [0.2, 0.25) is 0 Å². The van der Waals surface area contributed by atoms with Gasteiger partial charge >= 0.3 is 0 Å². The van der Waals surface area contributed by atoms with E-state index in [0.29, 0.717) is 0 Å². The molecule has 1 aromatic rings. The molecule has 2 nitrogen and oxygen atoms in total. The zero-order valence-electron chi connectivity index (χ0n) is 9.96. The minimum absolute atomic E-state index is 0.0958. The van der Waals surface area contributed by atoms with Gasteiger partial charge < -0.3 is 10.2 Å². The summed E-state index contributed by atoms with van der Waals surface area (Å²) < 4.78 is 13.9. The van der Waals surface area contributed by atoms with Crippen LogP contribution in [0.5, 0.6) is 0 Å². The summed E-state index contributed by atoms with van der Waals surface area (Å²) in [6.07, 6.45) is 2.34. The van der Waals surface area contributed by atoms with E-state index in [1.165, 1.54) is 12.8 Å². The Morgan fingerprint density at radius 3 is 2.62 bits per heavy atom. The van der Waals surface area contributed by atoms with Gasteiger partial charge in [-0.2, -0.15) is 0 Å². The van der Waals surface area contributed by atoms with E-state index in [0.717, 1.165) is 24.3 Å². The van der Waals surface area contributed by atoms with Gasteiger partial charge in [-0.05, 0) is 38.4 Å². The summed E-state index contributed by atoms with van der Waals surface area (Å²) >= 11 is 0. The zero-order chi connectivity index (χ0) is 11.5. The first-order valence-corrected chi connectivity index (χ1v) is 5.94. The minimum atomic E-state index is -0.0958. The molecule has 3 heteroatoms. The van der Waals surface area contributed by atoms with Crippen molar-refractivity contribution in [1.82, 2.24) is 5.32 Å². The smallest absolute Gasteiger partial charge is 0.146 e. The summed E-state index contributed by atoms with van der Waals surface area (Å²) in [5.74, 6) is -0.0958. The molecule has 0 bridgehead atoms. The first-order chi connectivity index (χ1) is 7.74. The SMILES string of the molecule is CNC(C)c1cccc(F)c1N1CCCC1. The highest BCUT2D eigenvalue weighted by Crippen LogP contribution is 2.31. The Morgan fingerprint density at radius 2 is 2.00 bits per heavy atom. The van der Waals surface area contributed by atoms with Crippen LogP contribution in [0.15, 0.2) is 18.2 Å². The van der Waals surface area contributed by atoms with E-state index >= 15 is 0 Å². The van der Waals surface area contributed by atoms with E-state index in [9.17, 15) is 4.39 Å². The fourth-order valence-corrected chi connectivity index (χ4v) is 2.31.